The maximum atomic E-state index is 10.3. The molecular weight excluding hydrogens is 214 g/mol. The Morgan fingerprint density at radius 2 is 2.00 bits per heavy atom. The van der Waals surface area contributed by atoms with Gasteiger partial charge in [-0.25, -0.2) is 0 Å². The van der Waals surface area contributed by atoms with Crippen molar-refractivity contribution < 1.29 is 9.52 Å². The molecule has 0 unspecified atom stereocenters. The van der Waals surface area contributed by atoms with Crippen LogP contribution in [-0.2, 0) is 6.54 Å². The van der Waals surface area contributed by atoms with Crippen LogP contribution >= 0.6 is 0 Å². The molecule has 0 amide bonds. The highest BCUT2D eigenvalue weighted by atomic mass is 16.3. The molecule has 0 spiro atoms. The van der Waals surface area contributed by atoms with Gasteiger partial charge in [0, 0.05) is 18.7 Å². The predicted octanol–water partition coefficient (Wildman–Crippen LogP) is 2.63. The Morgan fingerprint density at radius 3 is 2.53 bits per heavy atom. The molecule has 3 nitrogen and oxygen atoms in total. The summed E-state index contributed by atoms with van der Waals surface area (Å²) in [5.41, 5.74) is 0.771. The monoisotopic (exact) mass is 237 g/mol. The SMILES string of the molecule is Cc1cc(CN(C)CC2(O)CCCC2)c(C)o1. The van der Waals surface area contributed by atoms with Crippen molar-refractivity contribution >= 4 is 0 Å². The average molecular weight is 237 g/mol. The molecule has 1 saturated carbocycles. The first kappa shape index (κ1) is 12.7. The molecule has 1 N–H and O–H groups in total. The van der Waals surface area contributed by atoms with E-state index in [0.29, 0.717) is 0 Å². The summed E-state index contributed by atoms with van der Waals surface area (Å²) in [6.07, 6.45) is 4.21. The van der Waals surface area contributed by atoms with Gasteiger partial charge in [0.1, 0.15) is 11.5 Å². The summed E-state index contributed by atoms with van der Waals surface area (Å²) in [6.45, 7) is 5.59. The third kappa shape index (κ3) is 3.11. The topological polar surface area (TPSA) is 36.6 Å². The number of rotatable bonds is 4. The summed E-state index contributed by atoms with van der Waals surface area (Å²) in [5, 5.41) is 10.3. The molecule has 0 atom stereocenters. The van der Waals surface area contributed by atoms with Gasteiger partial charge in [-0.05, 0) is 39.8 Å². The number of aliphatic hydroxyl groups is 1. The summed E-state index contributed by atoms with van der Waals surface area (Å²) < 4.78 is 5.52. The largest absolute Gasteiger partial charge is 0.466 e. The molecule has 0 aromatic carbocycles. The van der Waals surface area contributed by atoms with E-state index >= 15 is 0 Å². The van der Waals surface area contributed by atoms with Gasteiger partial charge in [-0.2, -0.15) is 0 Å². The molecule has 1 aliphatic carbocycles. The number of aryl methyl sites for hydroxylation is 2. The lowest BCUT2D eigenvalue weighted by Gasteiger charge is -2.28. The van der Waals surface area contributed by atoms with Crippen LogP contribution in [0.5, 0.6) is 0 Å². The Hall–Kier alpha value is -0.800. The fourth-order valence-corrected chi connectivity index (χ4v) is 2.88. The number of hydrogen-bond acceptors (Lipinski definition) is 3. The maximum absolute atomic E-state index is 10.3. The van der Waals surface area contributed by atoms with Crippen LogP contribution in [0.4, 0.5) is 0 Å². The van der Waals surface area contributed by atoms with E-state index < -0.39 is 5.60 Å². The summed E-state index contributed by atoms with van der Waals surface area (Å²) in [7, 11) is 2.07. The molecular formula is C14H23NO2. The van der Waals surface area contributed by atoms with Crippen molar-refractivity contribution in [3.63, 3.8) is 0 Å². The highest BCUT2D eigenvalue weighted by Crippen LogP contribution is 2.30. The van der Waals surface area contributed by atoms with Crippen molar-refractivity contribution in [1.29, 1.82) is 0 Å². The van der Waals surface area contributed by atoms with Crippen molar-refractivity contribution in [3.05, 3.63) is 23.2 Å². The molecule has 17 heavy (non-hydrogen) atoms. The molecule has 1 aromatic heterocycles. The second-order valence-corrected chi connectivity index (χ2v) is 5.54. The fraction of sp³-hybridized carbons (Fsp3) is 0.714. The molecule has 1 fully saturated rings. The van der Waals surface area contributed by atoms with Crippen LogP contribution in [0.1, 0.15) is 42.8 Å². The van der Waals surface area contributed by atoms with Gasteiger partial charge >= 0.3 is 0 Å². The quantitative estimate of drug-likeness (QED) is 0.874. The Balaban J connectivity index is 1.93. The maximum Gasteiger partial charge on any atom is 0.105 e. The molecule has 1 aromatic rings. The van der Waals surface area contributed by atoms with Crippen LogP contribution in [0.3, 0.4) is 0 Å². The van der Waals surface area contributed by atoms with Crippen LogP contribution in [0.15, 0.2) is 10.5 Å². The standard InChI is InChI=1S/C14H23NO2/c1-11-8-13(12(2)17-11)9-15(3)10-14(16)6-4-5-7-14/h8,16H,4-7,9-10H2,1-3H3. The molecule has 0 aliphatic heterocycles. The zero-order valence-corrected chi connectivity index (χ0v) is 11.1. The molecule has 96 valence electrons. The van der Waals surface area contributed by atoms with Crippen LogP contribution in [0.25, 0.3) is 0 Å². The summed E-state index contributed by atoms with van der Waals surface area (Å²) >= 11 is 0. The number of furan rings is 1. The lowest BCUT2D eigenvalue weighted by molar-refractivity contribution is 0.0144. The van der Waals surface area contributed by atoms with Crippen molar-refractivity contribution in [2.75, 3.05) is 13.6 Å². The Labute approximate surface area is 103 Å². The molecule has 0 bridgehead atoms. The van der Waals surface area contributed by atoms with Crippen LogP contribution in [0, 0.1) is 13.8 Å². The van der Waals surface area contributed by atoms with Gasteiger partial charge in [0.25, 0.3) is 0 Å². The summed E-state index contributed by atoms with van der Waals surface area (Å²) in [4.78, 5) is 2.20. The number of hydrogen-bond donors (Lipinski definition) is 1. The third-order valence-electron chi connectivity index (χ3n) is 3.68. The lowest BCUT2D eigenvalue weighted by Crippen LogP contribution is -2.38. The van der Waals surface area contributed by atoms with Gasteiger partial charge in [0.05, 0.1) is 5.60 Å². The molecule has 0 saturated heterocycles. The predicted molar refractivity (Wildman–Crippen MR) is 67.9 cm³/mol. The smallest absolute Gasteiger partial charge is 0.105 e. The van der Waals surface area contributed by atoms with E-state index in [2.05, 4.69) is 18.0 Å². The minimum absolute atomic E-state index is 0.457. The normalized spacial score (nSPS) is 19.1. The zero-order chi connectivity index (χ0) is 12.5. The van der Waals surface area contributed by atoms with Crippen molar-refractivity contribution in [3.8, 4) is 0 Å². The van der Waals surface area contributed by atoms with E-state index in [0.717, 1.165) is 50.3 Å². The molecule has 1 aliphatic rings. The first-order valence-corrected chi connectivity index (χ1v) is 6.45. The van der Waals surface area contributed by atoms with E-state index in [9.17, 15) is 5.11 Å². The number of nitrogens with zero attached hydrogens (tertiary/aromatic N) is 1. The van der Waals surface area contributed by atoms with Crippen LogP contribution in [-0.4, -0.2) is 29.2 Å². The highest BCUT2D eigenvalue weighted by molar-refractivity contribution is 5.19. The van der Waals surface area contributed by atoms with Crippen LogP contribution < -0.4 is 0 Å². The molecule has 2 rings (SSSR count). The third-order valence-corrected chi connectivity index (χ3v) is 3.68. The van der Waals surface area contributed by atoms with E-state index in [-0.39, 0.29) is 0 Å². The minimum Gasteiger partial charge on any atom is -0.466 e. The van der Waals surface area contributed by atoms with Gasteiger partial charge in [0.15, 0.2) is 0 Å². The second kappa shape index (κ2) is 4.83. The van der Waals surface area contributed by atoms with Gasteiger partial charge < -0.3 is 9.52 Å². The summed E-state index contributed by atoms with van der Waals surface area (Å²) in [5.74, 6) is 1.96. The molecule has 0 radical (unpaired) electrons. The Morgan fingerprint density at radius 1 is 1.35 bits per heavy atom. The lowest BCUT2D eigenvalue weighted by atomic mass is 10.0. The van der Waals surface area contributed by atoms with Gasteiger partial charge in [-0.3, -0.25) is 4.90 Å². The molecule has 1 heterocycles. The van der Waals surface area contributed by atoms with Crippen molar-refractivity contribution in [1.82, 2.24) is 4.90 Å². The van der Waals surface area contributed by atoms with Gasteiger partial charge in [-0.15, -0.1) is 0 Å². The van der Waals surface area contributed by atoms with Crippen molar-refractivity contribution in [2.45, 2.75) is 51.7 Å². The Kier molecular flexibility index (Phi) is 3.59. The van der Waals surface area contributed by atoms with Gasteiger partial charge in [0.2, 0.25) is 0 Å². The highest BCUT2D eigenvalue weighted by Gasteiger charge is 2.32. The minimum atomic E-state index is -0.457. The van der Waals surface area contributed by atoms with E-state index in [1.165, 1.54) is 5.56 Å². The first-order chi connectivity index (χ1) is 7.98. The van der Waals surface area contributed by atoms with Crippen molar-refractivity contribution in [2.24, 2.45) is 0 Å². The Bertz CT molecular complexity index is 378. The average Bonchev–Trinajstić information content (AvgIpc) is 2.74. The first-order valence-electron chi connectivity index (χ1n) is 6.45. The van der Waals surface area contributed by atoms with Crippen LogP contribution in [0.2, 0.25) is 0 Å². The number of likely N-dealkylation sites (N-methyl/N-ethyl adjacent to an activating group) is 1. The summed E-state index contributed by atoms with van der Waals surface area (Å²) in [6, 6.07) is 2.09. The van der Waals surface area contributed by atoms with E-state index in [1.54, 1.807) is 0 Å². The van der Waals surface area contributed by atoms with Gasteiger partial charge in [-0.1, -0.05) is 12.8 Å². The zero-order valence-electron chi connectivity index (χ0n) is 11.1. The molecule has 3 heteroatoms. The van der Waals surface area contributed by atoms with E-state index in [1.807, 2.05) is 13.8 Å². The second-order valence-electron chi connectivity index (χ2n) is 5.54. The van der Waals surface area contributed by atoms with E-state index in [4.69, 9.17) is 4.42 Å². The fourth-order valence-electron chi connectivity index (χ4n) is 2.88.